The van der Waals surface area contributed by atoms with Crippen molar-refractivity contribution in [2.24, 2.45) is 5.73 Å². The number of amides is 1. The van der Waals surface area contributed by atoms with E-state index in [0.29, 0.717) is 13.1 Å². The van der Waals surface area contributed by atoms with Gasteiger partial charge in [-0.25, -0.2) is 4.79 Å². The van der Waals surface area contributed by atoms with Crippen molar-refractivity contribution in [2.45, 2.75) is 44.1 Å². The Morgan fingerprint density at radius 1 is 1.60 bits per heavy atom. The molecule has 0 radical (unpaired) electrons. The maximum absolute atomic E-state index is 11.8. The number of hydrogen-bond acceptors (Lipinski definition) is 4. The van der Waals surface area contributed by atoms with Gasteiger partial charge in [-0.1, -0.05) is 0 Å². The maximum Gasteiger partial charge on any atom is 0.410 e. The molecule has 1 fully saturated rings. The van der Waals surface area contributed by atoms with Crippen LogP contribution < -0.4 is 5.73 Å². The van der Waals surface area contributed by atoms with E-state index in [1.807, 2.05) is 20.8 Å². The van der Waals surface area contributed by atoms with Gasteiger partial charge in [-0.3, -0.25) is 0 Å². The summed E-state index contributed by atoms with van der Waals surface area (Å²) in [6.07, 6.45) is 0.563. The van der Waals surface area contributed by atoms with E-state index in [4.69, 9.17) is 10.5 Å². The third-order valence-corrected chi connectivity index (χ3v) is 2.67. The minimum Gasteiger partial charge on any atom is -0.444 e. The summed E-state index contributed by atoms with van der Waals surface area (Å²) in [7, 11) is 0. The summed E-state index contributed by atoms with van der Waals surface area (Å²) in [5, 5.41) is 0.214. The van der Waals surface area contributed by atoms with Gasteiger partial charge in [0.1, 0.15) is 5.60 Å². The van der Waals surface area contributed by atoms with Crippen molar-refractivity contribution in [3.05, 3.63) is 0 Å². The van der Waals surface area contributed by atoms with E-state index in [0.717, 1.165) is 6.42 Å². The predicted molar refractivity (Wildman–Crippen MR) is 63.2 cm³/mol. The van der Waals surface area contributed by atoms with Gasteiger partial charge >= 0.3 is 6.09 Å². The van der Waals surface area contributed by atoms with Gasteiger partial charge in [-0.15, -0.1) is 0 Å². The highest BCUT2D eigenvalue weighted by atomic mass is 32.1. The Kier molecular flexibility index (Phi) is 3.89. The zero-order valence-corrected chi connectivity index (χ0v) is 10.5. The van der Waals surface area contributed by atoms with Crippen LogP contribution in [0, 0.1) is 0 Å². The summed E-state index contributed by atoms with van der Waals surface area (Å²) in [5.74, 6) is 0. The summed E-state index contributed by atoms with van der Waals surface area (Å²) < 4.78 is 5.30. The molecular weight excluding hydrogens is 212 g/mol. The standard InChI is InChI=1S/C10H20N2O2S/c1-10(2,3)14-9(13)12-6-8(15)4-7(12)5-11/h7-8,15H,4-6,11H2,1-3H3/t7-,8-/m0/s1. The number of thiol groups is 1. The van der Waals surface area contributed by atoms with Gasteiger partial charge < -0.3 is 15.4 Å². The first-order chi connectivity index (χ1) is 6.83. The van der Waals surface area contributed by atoms with E-state index in [-0.39, 0.29) is 17.4 Å². The summed E-state index contributed by atoms with van der Waals surface area (Å²) >= 11 is 4.37. The number of carbonyl (C=O) groups is 1. The summed E-state index contributed by atoms with van der Waals surface area (Å²) in [6, 6.07) is 0.0716. The molecule has 5 heteroatoms. The third-order valence-electron chi connectivity index (χ3n) is 2.29. The number of rotatable bonds is 1. The molecule has 2 atom stereocenters. The highest BCUT2D eigenvalue weighted by Gasteiger charge is 2.35. The lowest BCUT2D eigenvalue weighted by atomic mass is 10.2. The Hall–Kier alpha value is -0.420. The Balaban J connectivity index is 2.59. The lowest BCUT2D eigenvalue weighted by molar-refractivity contribution is 0.0233. The molecule has 4 nitrogen and oxygen atoms in total. The fourth-order valence-electron chi connectivity index (χ4n) is 1.66. The van der Waals surface area contributed by atoms with Crippen molar-refractivity contribution in [3.8, 4) is 0 Å². The van der Waals surface area contributed by atoms with Crippen LogP contribution in [-0.4, -0.2) is 41.0 Å². The van der Waals surface area contributed by atoms with Gasteiger partial charge in [-0.2, -0.15) is 12.6 Å². The fraction of sp³-hybridized carbons (Fsp3) is 0.900. The largest absolute Gasteiger partial charge is 0.444 e. The molecule has 1 rings (SSSR count). The second-order valence-corrected chi connectivity index (χ2v) is 5.64. The topological polar surface area (TPSA) is 55.6 Å². The number of hydrogen-bond donors (Lipinski definition) is 2. The zero-order chi connectivity index (χ0) is 11.6. The van der Waals surface area contributed by atoms with Crippen molar-refractivity contribution in [3.63, 3.8) is 0 Å². The van der Waals surface area contributed by atoms with Crippen LogP contribution in [0.15, 0.2) is 0 Å². The molecule has 15 heavy (non-hydrogen) atoms. The van der Waals surface area contributed by atoms with Gasteiger partial charge in [0, 0.05) is 24.4 Å². The second-order valence-electron chi connectivity index (χ2n) is 4.91. The van der Waals surface area contributed by atoms with Gasteiger partial charge in [0.15, 0.2) is 0 Å². The first-order valence-corrected chi connectivity index (χ1v) is 5.73. The van der Waals surface area contributed by atoms with Gasteiger partial charge in [0.25, 0.3) is 0 Å². The first-order valence-electron chi connectivity index (χ1n) is 5.21. The molecule has 0 spiro atoms. The van der Waals surface area contributed by atoms with Crippen molar-refractivity contribution >= 4 is 18.7 Å². The van der Waals surface area contributed by atoms with Crippen LogP contribution in [0.3, 0.4) is 0 Å². The number of carbonyl (C=O) groups excluding carboxylic acids is 1. The average molecular weight is 232 g/mol. The summed E-state index contributed by atoms with van der Waals surface area (Å²) in [5.41, 5.74) is 5.15. The van der Waals surface area contributed by atoms with Crippen LogP contribution in [0.1, 0.15) is 27.2 Å². The quantitative estimate of drug-likeness (QED) is 0.669. The first kappa shape index (κ1) is 12.6. The summed E-state index contributed by atoms with van der Waals surface area (Å²) in [6.45, 7) is 6.67. The highest BCUT2D eigenvalue weighted by molar-refractivity contribution is 7.81. The lowest BCUT2D eigenvalue weighted by Crippen LogP contribution is -2.43. The van der Waals surface area contributed by atoms with E-state index < -0.39 is 5.60 Å². The fourth-order valence-corrected chi connectivity index (χ4v) is 2.08. The van der Waals surface area contributed by atoms with Crippen LogP contribution in [0.2, 0.25) is 0 Å². The Labute approximate surface area is 96.5 Å². The number of nitrogens with zero attached hydrogens (tertiary/aromatic N) is 1. The van der Waals surface area contributed by atoms with Crippen molar-refractivity contribution in [2.75, 3.05) is 13.1 Å². The molecule has 2 N–H and O–H groups in total. The van der Waals surface area contributed by atoms with E-state index in [1.54, 1.807) is 4.90 Å². The van der Waals surface area contributed by atoms with Crippen LogP contribution in [0.5, 0.6) is 0 Å². The van der Waals surface area contributed by atoms with Crippen molar-refractivity contribution in [1.82, 2.24) is 4.90 Å². The lowest BCUT2D eigenvalue weighted by Gasteiger charge is -2.27. The summed E-state index contributed by atoms with van der Waals surface area (Å²) in [4.78, 5) is 13.5. The molecule has 1 aliphatic heterocycles. The van der Waals surface area contributed by atoms with Crippen LogP contribution in [0.4, 0.5) is 4.79 Å². The predicted octanol–water partition coefficient (Wildman–Crippen LogP) is 1.25. The Morgan fingerprint density at radius 3 is 2.67 bits per heavy atom. The zero-order valence-electron chi connectivity index (χ0n) is 9.56. The number of likely N-dealkylation sites (tertiary alicyclic amines) is 1. The molecule has 0 unspecified atom stereocenters. The Bertz CT molecular complexity index is 240. The van der Waals surface area contributed by atoms with Gasteiger partial charge in [-0.05, 0) is 27.2 Å². The molecule has 88 valence electrons. The molecule has 0 aromatic heterocycles. The minimum absolute atomic E-state index is 0.0716. The molecule has 1 heterocycles. The minimum atomic E-state index is -0.453. The van der Waals surface area contributed by atoms with E-state index in [1.165, 1.54) is 0 Å². The monoisotopic (exact) mass is 232 g/mol. The number of nitrogens with two attached hydrogens (primary N) is 1. The van der Waals surface area contributed by atoms with Crippen LogP contribution in [-0.2, 0) is 4.74 Å². The SMILES string of the molecule is CC(C)(C)OC(=O)N1C[C@@H](S)C[C@H]1CN. The third kappa shape index (κ3) is 3.57. The molecule has 0 aromatic rings. The molecule has 1 aliphatic rings. The van der Waals surface area contributed by atoms with E-state index in [2.05, 4.69) is 12.6 Å². The highest BCUT2D eigenvalue weighted by Crippen LogP contribution is 2.23. The smallest absolute Gasteiger partial charge is 0.410 e. The normalized spacial score (nSPS) is 26.9. The molecule has 1 saturated heterocycles. The average Bonchev–Trinajstić information content (AvgIpc) is 2.43. The molecule has 0 aromatic carbocycles. The van der Waals surface area contributed by atoms with Crippen molar-refractivity contribution < 1.29 is 9.53 Å². The Morgan fingerprint density at radius 2 is 2.20 bits per heavy atom. The molecular formula is C10H20N2O2S. The van der Waals surface area contributed by atoms with Gasteiger partial charge in [0.05, 0.1) is 0 Å². The second kappa shape index (κ2) is 4.61. The van der Waals surface area contributed by atoms with E-state index in [9.17, 15) is 4.79 Å². The molecule has 1 amide bonds. The number of ether oxygens (including phenoxy) is 1. The van der Waals surface area contributed by atoms with Crippen molar-refractivity contribution in [1.29, 1.82) is 0 Å². The molecule has 0 saturated carbocycles. The van der Waals surface area contributed by atoms with Crippen LogP contribution in [0.25, 0.3) is 0 Å². The maximum atomic E-state index is 11.8. The van der Waals surface area contributed by atoms with E-state index >= 15 is 0 Å². The molecule has 0 aliphatic carbocycles. The van der Waals surface area contributed by atoms with Crippen LogP contribution >= 0.6 is 12.6 Å². The van der Waals surface area contributed by atoms with Gasteiger partial charge in [0.2, 0.25) is 0 Å². The molecule has 0 bridgehead atoms.